The van der Waals surface area contributed by atoms with Gasteiger partial charge in [0.05, 0.1) is 18.6 Å². The molecule has 1 heterocycles. The third-order valence-electron chi connectivity index (χ3n) is 5.08. The number of rotatable bonds is 6. The van der Waals surface area contributed by atoms with Crippen LogP contribution < -0.4 is 5.32 Å². The van der Waals surface area contributed by atoms with Crippen LogP contribution in [0.15, 0.2) is 24.3 Å². The number of amides is 1. The van der Waals surface area contributed by atoms with E-state index in [-0.39, 0.29) is 37.4 Å². The molecule has 1 saturated heterocycles. The maximum absolute atomic E-state index is 12.6. The third-order valence-corrected chi connectivity index (χ3v) is 5.08. The van der Waals surface area contributed by atoms with Crippen LogP contribution in [0.1, 0.15) is 24.0 Å². The Morgan fingerprint density at radius 2 is 1.85 bits per heavy atom. The molecule has 2 aliphatic rings. The van der Waals surface area contributed by atoms with Crippen LogP contribution in [-0.4, -0.2) is 48.2 Å². The Morgan fingerprint density at radius 1 is 1.19 bits per heavy atom. The van der Waals surface area contributed by atoms with Crippen molar-refractivity contribution in [2.75, 3.05) is 26.2 Å². The zero-order valence-electron chi connectivity index (χ0n) is 14.3. The van der Waals surface area contributed by atoms with Crippen molar-refractivity contribution < 1.29 is 23.1 Å². The number of hydrogen-bond acceptors (Lipinski definition) is 3. The average Bonchev–Trinajstić information content (AvgIpc) is 3.30. The summed E-state index contributed by atoms with van der Waals surface area (Å²) in [4.78, 5) is 14.5. The van der Waals surface area contributed by atoms with Crippen molar-refractivity contribution >= 4 is 18.3 Å². The second-order valence-corrected chi connectivity index (χ2v) is 7.03. The summed E-state index contributed by atoms with van der Waals surface area (Å²) in [6.45, 7) is 2.31. The molecule has 1 aromatic carbocycles. The predicted molar refractivity (Wildman–Crippen MR) is 94.1 cm³/mol. The molecule has 26 heavy (non-hydrogen) atoms. The van der Waals surface area contributed by atoms with E-state index >= 15 is 0 Å². The number of carbonyl (C=O) groups is 1. The minimum atomic E-state index is -4.36. The molecule has 1 aliphatic carbocycles. The van der Waals surface area contributed by atoms with Gasteiger partial charge in [0.25, 0.3) is 0 Å². The van der Waals surface area contributed by atoms with Gasteiger partial charge >= 0.3 is 6.18 Å². The molecule has 0 aromatic heterocycles. The highest BCUT2D eigenvalue weighted by Crippen LogP contribution is 2.41. The van der Waals surface area contributed by atoms with Crippen molar-refractivity contribution in [3.05, 3.63) is 35.4 Å². The SMILES string of the molecule is Cl.O=C(Cc1ccc(C(F)(F)F)cc1)N[C@H]1CN(CCO)C[C@@H]1C1CC1. The quantitative estimate of drug-likeness (QED) is 0.782. The van der Waals surface area contributed by atoms with Crippen LogP contribution in [0.5, 0.6) is 0 Å². The van der Waals surface area contributed by atoms with Crippen LogP contribution in [0.4, 0.5) is 13.2 Å². The number of halogens is 4. The van der Waals surface area contributed by atoms with Gasteiger partial charge in [-0.1, -0.05) is 12.1 Å². The Hall–Kier alpha value is -1.31. The average molecular weight is 393 g/mol. The van der Waals surface area contributed by atoms with Crippen molar-refractivity contribution in [1.29, 1.82) is 0 Å². The summed E-state index contributed by atoms with van der Waals surface area (Å²) < 4.78 is 37.7. The van der Waals surface area contributed by atoms with Gasteiger partial charge in [-0.25, -0.2) is 0 Å². The molecule has 0 radical (unpaired) electrons. The van der Waals surface area contributed by atoms with Gasteiger partial charge in [-0.3, -0.25) is 9.69 Å². The fourth-order valence-electron chi connectivity index (χ4n) is 3.65. The van der Waals surface area contributed by atoms with E-state index in [0.717, 1.165) is 25.2 Å². The van der Waals surface area contributed by atoms with Crippen molar-refractivity contribution in [3.63, 3.8) is 0 Å². The topological polar surface area (TPSA) is 52.6 Å². The van der Waals surface area contributed by atoms with Crippen LogP contribution in [0.25, 0.3) is 0 Å². The molecular formula is C18H24ClF3N2O2. The Balaban J connectivity index is 0.00000243. The zero-order chi connectivity index (χ0) is 18.0. The molecular weight excluding hydrogens is 369 g/mol. The van der Waals surface area contributed by atoms with E-state index in [0.29, 0.717) is 23.9 Å². The highest BCUT2D eigenvalue weighted by molar-refractivity contribution is 5.85. The maximum atomic E-state index is 12.6. The second kappa shape index (κ2) is 8.59. The normalized spacial score (nSPS) is 23.5. The number of benzene rings is 1. The van der Waals surface area contributed by atoms with Crippen LogP contribution in [-0.2, 0) is 17.4 Å². The van der Waals surface area contributed by atoms with Crippen LogP contribution in [0, 0.1) is 11.8 Å². The molecule has 1 saturated carbocycles. The largest absolute Gasteiger partial charge is 0.416 e. The second-order valence-electron chi connectivity index (χ2n) is 7.03. The minimum absolute atomic E-state index is 0. The van der Waals surface area contributed by atoms with Gasteiger partial charge < -0.3 is 10.4 Å². The minimum Gasteiger partial charge on any atom is -0.395 e. The first-order valence-corrected chi connectivity index (χ1v) is 8.65. The smallest absolute Gasteiger partial charge is 0.395 e. The summed E-state index contributed by atoms with van der Waals surface area (Å²) in [6, 6.07) is 4.78. The molecule has 1 amide bonds. The molecule has 146 valence electrons. The molecule has 1 aliphatic heterocycles. The standard InChI is InChI=1S/C18H23F3N2O2.ClH/c19-18(20,21)14-5-1-12(2-6-14)9-17(25)22-16-11-23(7-8-24)10-15(16)13-3-4-13;/h1-2,5-6,13,15-16,24H,3-4,7-11H2,(H,22,25);1H/t15-,16+;/m1./s1. The Labute approximate surface area is 157 Å². The number of carbonyl (C=O) groups excluding carboxylic acids is 1. The van der Waals surface area contributed by atoms with Gasteiger partial charge in [0.1, 0.15) is 0 Å². The van der Waals surface area contributed by atoms with Crippen molar-refractivity contribution in [2.24, 2.45) is 11.8 Å². The Bertz CT molecular complexity index is 605. The van der Waals surface area contributed by atoms with E-state index in [1.54, 1.807) is 0 Å². The van der Waals surface area contributed by atoms with Crippen LogP contribution in [0.3, 0.4) is 0 Å². The zero-order valence-corrected chi connectivity index (χ0v) is 15.2. The number of β-amino-alcohol motifs (C(OH)–C–C–N with tert-alkyl or cyclic N) is 1. The van der Waals surface area contributed by atoms with Gasteiger partial charge in [0, 0.05) is 25.7 Å². The summed E-state index contributed by atoms with van der Waals surface area (Å²) in [6.07, 6.45) is -1.92. The van der Waals surface area contributed by atoms with E-state index in [9.17, 15) is 18.0 Å². The molecule has 0 bridgehead atoms. The molecule has 1 aromatic rings. The monoisotopic (exact) mass is 392 g/mol. The van der Waals surface area contributed by atoms with E-state index in [1.807, 2.05) is 0 Å². The number of nitrogens with one attached hydrogen (secondary N) is 1. The van der Waals surface area contributed by atoms with E-state index in [2.05, 4.69) is 10.2 Å². The summed E-state index contributed by atoms with van der Waals surface area (Å²) >= 11 is 0. The lowest BCUT2D eigenvalue weighted by Crippen LogP contribution is -2.42. The third kappa shape index (κ3) is 5.34. The molecule has 2 fully saturated rings. The first-order valence-electron chi connectivity index (χ1n) is 8.65. The lowest BCUT2D eigenvalue weighted by molar-refractivity contribution is -0.137. The first-order chi connectivity index (χ1) is 11.9. The highest BCUT2D eigenvalue weighted by Gasteiger charge is 2.42. The summed E-state index contributed by atoms with van der Waals surface area (Å²) in [5.41, 5.74) is -0.139. The molecule has 8 heteroatoms. The van der Waals surface area contributed by atoms with Crippen LogP contribution >= 0.6 is 12.4 Å². The molecule has 0 spiro atoms. The molecule has 4 nitrogen and oxygen atoms in total. The first kappa shape index (κ1) is 21.0. The summed E-state index contributed by atoms with van der Waals surface area (Å²) in [5, 5.41) is 12.1. The highest BCUT2D eigenvalue weighted by atomic mass is 35.5. The van der Waals surface area contributed by atoms with E-state index in [4.69, 9.17) is 5.11 Å². The summed E-state index contributed by atoms with van der Waals surface area (Å²) in [7, 11) is 0. The van der Waals surface area contributed by atoms with Crippen molar-refractivity contribution in [3.8, 4) is 0 Å². The molecule has 2 N–H and O–H groups in total. The Morgan fingerprint density at radius 3 is 2.38 bits per heavy atom. The van der Waals surface area contributed by atoms with Crippen molar-refractivity contribution in [1.82, 2.24) is 10.2 Å². The van der Waals surface area contributed by atoms with Gasteiger partial charge in [-0.05, 0) is 42.4 Å². The molecule has 3 rings (SSSR count). The van der Waals surface area contributed by atoms with Crippen LogP contribution in [0.2, 0.25) is 0 Å². The van der Waals surface area contributed by atoms with E-state index < -0.39 is 11.7 Å². The lowest BCUT2D eigenvalue weighted by atomic mass is 9.98. The number of aliphatic hydroxyl groups excluding tert-OH is 1. The predicted octanol–water partition coefficient (Wildman–Crippen LogP) is 2.49. The van der Waals surface area contributed by atoms with Gasteiger partial charge in [-0.2, -0.15) is 13.2 Å². The summed E-state index contributed by atoms with van der Waals surface area (Å²) in [5.74, 6) is 0.879. The number of hydrogen-bond donors (Lipinski definition) is 2. The maximum Gasteiger partial charge on any atom is 0.416 e. The van der Waals surface area contributed by atoms with Gasteiger partial charge in [0.15, 0.2) is 0 Å². The van der Waals surface area contributed by atoms with Gasteiger partial charge in [-0.15, -0.1) is 12.4 Å². The molecule has 0 unspecified atom stereocenters. The lowest BCUT2D eigenvalue weighted by Gasteiger charge is -2.19. The number of likely N-dealkylation sites (tertiary alicyclic amines) is 1. The van der Waals surface area contributed by atoms with Gasteiger partial charge in [0.2, 0.25) is 5.91 Å². The fourth-order valence-corrected chi connectivity index (χ4v) is 3.65. The number of alkyl halides is 3. The number of nitrogens with zero attached hydrogens (tertiary/aromatic N) is 1. The fraction of sp³-hybridized carbons (Fsp3) is 0.611. The number of aliphatic hydroxyl groups is 1. The Kier molecular flexibility index (Phi) is 6.93. The van der Waals surface area contributed by atoms with E-state index in [1.165, 1.54) is 25.0 Å². The van der Waals surface area contributed by atoms with Crippen molar-refractivity contribution in [2.45, 2.75) is 31.5 Å². The molecule has 2 atom stereocenters.